The van der Waals surface area contributed by atoms with Crippen molar-refractivity contribution >= 4 is 11.7 Å². The van der Waals surface area contributed by atoms with Crippen LogP contribution in [0.5, 0.6) is 0 Å². The number of aryl methyl sites for hydroxylation is 1. The van der Waals surface area contributed by atoms with Gasteiger partial charge in [0.2, 0.25) is 0 Å². The Morgan fingerprint density at radius 2 is 2.12 bits per heavy atom. The molecular formula is C22H26N4O6. The molecule has 3 rings (SSSR count). The summed E-state index contributed by atoms with van der Waals surface area (Å²) in [5, 5.41) is 20.9. The molecule has 10 heteroatoms. The SMILES string of the molecule is Cc1cn([C@@H]2O[C@H](CO)C(C)[C@@H]2OCOCCC#N)c(=O)nc1NC(=O)c1ccccc1. The molecule has 0 radical (unpaired) electrons. The number of ether oxygens (including phenoxy) is 3. The number of nitrogens with one attached hydrogen (secondary N) is 1. The third-order valence-electron chi connectivity index (χ3n) is 5.26. The van der Waals surface area contributed by atoms with Gasteiger partial charge in [-0.25, -0.2) is 4.79 Å². The first-order valence-electron chi connectivity index (χ1n) is 10.2. The average molecular weight is 442 g/mol. The van der Waals surface area contributed by atoms with Crippen molar-refractivity contribution in [2.45, 2.75) is 38.7 Å². The molecule has 170 valence electrons. The molecule has 2 aromatic rings. The van der Waals surface area contributed by atoms with Crippen molar-refractivity contribution in [3.05, 3.63) is 58.1 Å². The first kappa shape index (κ1) is 23.6. The van der Waals surface area contributed by atoms with Gasteiger partial charge in [0.05, 0.1) is 31.8 Å². The van der Waals surface area contributed by atoms with Gasteiger partial charge in [-0.3, -0.25) is 9.36 Å². The van der Waals surface area contributed by atoms with Gasteiger partial charge in [-0.2, -0.15) is 10.2 Å². The molecule has 1 aromatic heterocycles. The first-order valence-corrected chi connectivity index (χ1v) is 10.2. The van der Waals surface area contributed by atoms with Crippen molar-refractivity contribution in [1.29, 1.82) is 5.26 Å². The number of anilines is 1. The molecule has 0 aliphatic carbocycles. The zero-order valence-corrected chi connectivity index (χ0v) is 17.9. The molecule has 10 nitrogen and oxygen atoms in total. The van der Waals surface area contributed by atoms with Gasteiger partial charge in [-0.15, -0.1) is 0 Å². The van der Waals surface area contributed by atoms with Gasteiger partial charge in [0.25, 0.3) is 5.91 Å². The fourth-order valence-electron chi connectivity index (χ4n) is 3.47. The third-order valence-corrected chi connectivity index (χ3v) is 5.26. The number of nitriles is 1. The van der Waals surface area contributed by atoms with Crippen LogP contribution in [0.2, 0.25) is 0 Å². The molecule has 1 amide bonds. The summed E-state index contributed by atoms with van der Waals surface area (Å²) in [4.78, 5) is 29.2. The fourth-order valence-corrected chi connectivity index (χ4v) is 3.47. The maximum Gasteiger partial charge on any atom is 0.351 e. The van der Waals surface area contributed by atoms with Crippen molar-refractivity contribution in [3.63, 3.8) is 0 Å². The lowest BCUT2D eigenvalue weighted by Gasteiger charge is -2.23. The van der Waals surface area contributed by atoms with Crippen LogP contribution >= 0.6 is 0 Å². The fraction of sp³-hybridized carbons (Fsp3) is 0.455. The maximum absolute atomic E-state index is 12.8. The second-order valence-electron chi connectivity index (χ2n) is 7.45. The number of aliphatic hydroxyl groups is 1. The standard InChI is InChI=1S/C22H26N4O6/c1-14-11-26(22(29)25-19(14)24-20(28)16-7-4-3-5-8-16)21-18(15(2)17(12-27)32-21)31-13-30-10-6-9-23/h3-5,7-8,11,15,17-18,21,27H,6,10,12-13H2,1-2H3,(H,24,25,28,29)/t15?,17-,18+,21-/m1/s1. The largest absolute Gasteiger partial charge is 0.394 e. The molecule has 0 spiro atoms. The van der Waals surface area contributed by atoms with E-state index in [4.69, 9.17) is 19.5 Å². The molecule has 1 unspecified atom stereocenters. The highest BCUT2D eigenvalue weighted by atomic mass is 16.7. The number of benzene rings is 1. The molecule has 0 bridgehead atoms. The van der Waals surface area contributed by atoms with E-state index in [0.29, 0.717) is 11.1 Å². The number of carbonyl (C=O) groups excluding carboxylic acids is 1. The number of nitrogens with zero attached hydrogens (tertiary/aromatic N) is 3. The van der Waals surface area contributed by atoms with Crippen molar-refractivity contribution in [2.75, 3.05) is 25.3 Å². The molecule has 1 aromatic carbocycles. The second kappa shape index (κ2) is 11.0. The summed E-state index contributed by atoms with van der Waals surface area (Å²) in [5.41, 5.74) is 0.372. The van der Waals surface area contributed by atoms with Crippen LogP contribution < -0.4 is 11.0 Å². The molecule has 1 aliphatic rings. The van der Waals surface area contributed by atoms with Crippen molar-refractivity contribution in [3.8, 4) is 6.07 Å². The van der Waals surface area contributed by atoms with Crippen LogP contribution in [0.4, 0.5) is 5.82 Å². The summed E-state index contributed by atoms with van der Waals surface area (Å²) in [6.07, 6.45) is -0.174. The number of amides is 1. The minimum absolute atomic E-state index is 0.0823. The van der Waals surface area contributed by atoms with Crippen LogP contribution in [0.15, 0.2) is 41.3 Å². The lowest BCUT2D eigenvalue weighted by molar-refractivity contribution is -0.131. The Kier molecular flexibility index (Phi) is 8.08. The monoisotopic (exact) mass is 442 g/mol. The maximum atomic E-state index is 12.8. The van der Waals surface area contributed by atoms with E-state index in [1.165, 1.54) is 4.57 Å². The van der Waals surface area contributed by atoms with E-state index in [0.717, 1.165) is 0 Å². The first-order chi connectivity index (χ1) is 15.5. The van der Waals surface area contributed by atoms with Gasteiger partial charge in [0.1, 0.15) is 18.7 Å². The predicted octanol–water partition coefficient (Wildman–Crippen LogP) is 1.60. The van der Waals surface area contributed by atoms with Crippen molar-refractivity contribution in [2.24, 2.45) is 5.92 Å². The Labute approximate surface area is 185 Å². The van der Waals surface area contributed by atoms with Gasteiger partial charge >= 0.3 is 5.69 Å². The topological polar surface area (TPSA) is 136 Å². The molecule has 32 heavy (non-hydrogen) atoms. The molecule has 0 saturated carbocycles. The van der Waals surface area contributed by atoms with Gasteiger partial charge in [0, 0.05) is 23.2 Å². The zero-order chi connectivity index (χ0) is 23.1. The Balaban J connectivity index is 1.79. The van der Waals surface area contributed by atoms with Crippen LogP contribution in [-0.4, -0.2) is 52.8 Å². The molecule has 1 aliphatic heterocycles. The average Bonchev–Trinajstić information content (AvgIpc) is 3.11. The minimum atomic E-state index is -0.834. The number of aromatic nitrogens is 2. The van der Waals surface area contributed by atoms with Crippen LogP contribution in [-0.2, 0) is 14.2 Å². The molecular weight excluding hydrogens is 416 g/mol. The molecule has 2 N–H and O–H groups in total. The van der Waals surface area contributed by atoms with E-state index in [2.05, 4.69) is 10.3 Å². The van der Waals surface area contributed by atoms with E-state index >= 15 is 0 Å². The highest BCUT2D eigenvalue weighted by molar-refractivity contribution is 6.03. The van der Waals surface area contributed by atoms with E-state index in [1.54, 1.807) is 43.5 Å². The van der Waals surface area contributed by atoms with E-state index in [-0.39, 0.29) is 44.1 Å². The van der Waals surface area contributed by atoms with Gasteiger partial charge in [0.15, 0.2) is 6.23 Å². The van der Waals surface area contributed by atoms with Crippen molar-refractivity contribution < 1.29 is 24.1 Å². The normalized spacial score (nSPS) is 22.4. The quantitative estimate of drug-likeness (QED) is 0.442. The zero-order valence-electron chi connectivity index (χ0n) is 17.9. The van der Waals surface area contributed by atoms with E-state index in [9.17, 15) is 14.7 Å². The summed E-state index contributed by atoms with van der Waals surface area (Å²) < 4.78 is 18.2. The number of aliphatic hydroxyl groups excluding tert-OH is 1. The van der Waals surface area contributed by atoms with Crippen LogP contribution in [0.3, 0.4) is 0 Å². The second-order valence-corrected chi connectivity index (χ2v) is 7.45. The molecule has 4 atom stereocenters. The van der Waals surface area contributed by atoms with Gasteiger partial charge in [-0.05, 0) is 19.1 Å². The Hall–Kier alpha value is -3.10. The Morgan fingerprint density at radius 1 is 1.38 bits per heavy atom. The third kappa shape index (κ3) is 5.38. The number of rotatable bonds is 9. The molecule has 1 fully saturated rings. The number of carbonyl (C=O) groups is 1. The number of hydrogen-bond donors (Lipinski definition) is 2. The van der Waals surface area contributed by atoms with E-state index < -0.39 is 24.1 Å². The summed E-state index contributed by atoms with van der Waals surface area (Å²) >= 11 is 0. The number of hydrogen-bond acceptors (Lipinski definition) is 8. The van der Waals surface area contributed by atoms with Gasteiger partial charge in [-0.1, -0.05) is 25.1 Å². The summed E-state index contributed by atoms with van der Waals surface area (Å²) in [5.74, 6) is -0.448. The van der Waals surface area contributed by atoms with Crippen molar-refractivity contribution in [1.82, 2.24) is 9.55 Å². The van der Waals surface area contributed by atoms with Crippen LogP contribution in [0, 0.1) is 24.2 Å². The Bertz CT molecular complexity index is 1020. The van der Waals surface area contributed by atoms with Gasteiger partial charge < -0.3 is 24.6 Å². The highest BCUT2D eigenvalue weighted by Crippen LogP contribution is 2.35. The predicted molar refractivity (Wildman–Crippen MR) is 114 cm³/mol. The lowest BCUT2D eigenvalue weighted by Crippen LogP contribution is -2.36. The summed E-state index contributed by atoms with van der Waals surface area (Å²) in [6.45, 7) is 3.47. The smallest absolute Gasteiger partial charge is 0.351 e. The summed E-state index contributed by atoms with van der Waals surface area (Å²) in [6, 6.07) is 10.6. The molecule has 1 saturated heterocycles. The van der Waals surface area contributed by atoms with Crippen LogP contribution in [0.25, 0.3) is 0 Å². The summed E-state index contributed by atoms with van der Waals surface area (Å²) in [7, 11) is 0. The van der Waals surface area contributed by atoms with Crippen LogP contribution in [0.1, 0.15) is 35.5 Å². The minimum Gasteiger partial charge on any atom is -0.394 e. The highest BCUT2D eigenvalue weighted by Gasteiger charge is 2.44. The lowest BCUT2D eigenvalue weighted by atomic mass is 10.0. The van der Waals surface area contributed by atoms with E-state index in [1.807, 2.05) is 13.0 Å². The Morgan fingerprint density at radius 3 is 2.81 bits per heavy atom. The molecule has 2 heterocycles.